The molecule has 2 rings (SSSR count). The molecule has 1 aliphatic heterocycles. The topological polar surface area (TPSA) is 48.0 Å². The van der Waals surface area contributed by atoms with Gasteiger partial charge in [0, 0.05) is 19.6 Å². The van der Waals surface area contributed by atoms with Gasteiger partial charge in [0.2, 0.25) is 0 Å². The molecule has 5 nitrogen and oxygen atoms in total. The summed E-state index contributed by atoms with van der Waals surface area (Å²) >= 11 is 0. The molecule has 1 atom stereocenters. The average molecular weight is 279 g/mol. The molecule has 1 aliphatic rings. The lowest BCUT2D eigenvalue weighted by Gasteiger charge is -2.28. The normalized spacial score (nSPS) is 17.5. The van der Waals surface area contributed by atoms with Gasteiger partial charge < -0.3 is 14.2 Å². The van der Waals surface area contributed by atoms with E-state index in [-0.39, 0.29) is 12.1 Å². The third-order valence-corrected chi connectivity index (χ3v) is 3.23. The van der Waals surface area contributed by atoms with E-state index in [4.69, 9.17) is 14.2 Å². The average Bonchev–Trinajstić information content (AvgIpc) is 2.48. The highest BCUT2D eigenvalue weighted by Gasteiger charge is 2.17. The quantitative estimate of drug-likeness (QED) is 0.766. The van der Waals surface area contributed by atoms with Gasteiger partial charge in [-0.15, -0.1) is 0 Å². The molecule has 1 heterocycles. The van der Waals surface area contributed by atoms with Gasteiger partial charge in [-0.25, -0.2) is 4.79 Å². The summed E-state index contributed by atoms with van der Waals surface area (Å²) in [6.45, 7) is 5.92. The third-order valence-electron chi connectivity index (χ3n) is 3.23. The van der Waals surface area contributed by atoms with Crippen LogP contribution in [-0.4, -0.2) is 56.9 Å². The van der Waals surface area contributed by atoms with Crippen LogP contribution in [0.2, 0.25) is 0 Å². The minimum Gasteiger partial charge on any atom is -0.497 e. The number of morpholine rings is 1. The Morgan fingerprint density at radius 2 is 2.15 bits per heavy atom. The zero-order valence-electron chi connectivity index (χ0n) is 12.0. The van der Waals surface area contributed by atoms with Crippen molar-refractivity contribution in [2.24, 2.45) is 0 Å². The molecule has 1 fully saturated rings. The predicted molar refractivity (Wildman–Crippen MR) is 75.1 cm³/mol. The van der Waals surface area contributed by atoms with E-state index in [1.54, 1.807) is 31.4 Å². The second-order valence-electron chi connectivity index (χ2n) is 4.86. The van der Waals surface area contributed by atoms with Gasteiger partial charge in [0.15, 0.2) is 0 Å². The van der Waals surface area contributed by atoms with Crippen LogP contribution in [0.15, 0.2) is 24.3 Å². The number of hydrogen-bond donors (Lipinski definition) is 0. The summed E-state index contributed by atoms with van der Waals surface area (Å²) < 4.78 is 15.9. The van der Waals surface area contributed by atoms with Crippen LogP contribution in [0, 0.1) is 0 Å². The highest BCUT2D eigenvalue weighted by atomic mass is 16.5. The molecule has 0 unspecified atom stereocenters. The molecular formula is C15H21NO4. The standard InChI is InChI=1S/C15H21NO4/c1-12(11-16-6-8-19-9-7-16)20-15(17)13-4-3-5-14(10-13)18-2/h3-5,10,12H,6-9,11H2,1-2H3/t12-/m1/s1. The van der Waals surface area contributed by atoms with E-state index in [1.165, 1.54) is 0 Å². The number of ether oxygens (including phenoxy) is 3. The van der Waals surface area contributed by atoms with Crippen LogP contribution in [0.3, 0.4) is 0 Å². The van der Waals surface area contributed by atoms with Crippen molar-refractivity contribution in [2.45, 2.75) is 13.0 Å². The molecule has 1 saturated heterocycles. The van der Waals surface area contributed by atoms with Gasteiger partial charge in [-0.3, -0.25) is 4.90 Å². The molecule has 0 spiro atoms. The monoisotopic (exact) mass is 279 g/mol. The van der Waals surface area contributed by atoms with E-state index in [0.29, 0.717) is 11.3 Å². The third kappa shape index (κ3) is 4.21. The number of nitrogens with zero attached hydrogens (tertiary/aromatic N) is 1. The van der Waals surface area contributed by atoms with Crippen LogP contribution in [0.4, 0.5) is 0 Å². The fourth-order valence-corrected chi connectivity index (χ4v) is 2.19. The maximum atomic E-state index is 12.0. The van der Waals surface area contributed by atoms with Crippen molar-refractivity contribution in [1.29, 1.82) is 0 Å². The Balaban J connectivity index is 1.86. The molecule has 110 valence electrons. The molecule has 5 heteroatoms. The Hall–Kier alpha value is -1.59. The van der Waals surface area contributed by atoms with Gasteiger partial charge in [0.25, 0.3) is 0 Å². The van der Waals surface area contributed by atoms with E-state index in [1.807, 2.05) is 6.92 Å². The van der Waals surface area contributed by atoms with Crippen LogP contribution in [-0.2, 0) is 9.47 Å². The van der Waals surface area contributed by atoms with Crippen molar-refractivity contribution >= 4 is 5.97 Å². The number of methoxy groups -OCH3 is 1. The van der Waals surface area contributed by atoms with E-state index in [2.05, 4.69) is 4.90 Å². The summed E-state index contributed by atoms with van der Waals surface area (Å²) in [5.74, 6) is 0.338. The Kier molecular flexibility index (Phi) is 5.38. The maximum absolute atomic E-state index is 12.0. The van der Waals surface area contributed by atoms with Crippen LogP contribution >= 0.6 is 0 Å². The number of benzene rings is 1. The second-order valence-corrected chi connectivity index (χ2v) is 4.86. The Labute approximate surface area is 119 Å². The molecule has 0 bridgehead atoms. The minimum atomic E-state index is -0.315. The molecule has 0 N–H and O–H groups in total. The zero-order valence-corrected chi connectivity index (χ0v) is 12.0. The summed E-state index contributed by atoms with van der Waals surface area (Å²) in [4.78, 5) is 14.3. The summed E-state index contributed by atoms with van der Waals surface area (Å²) in [6.07, 6.45) is -0.146. The van der Waals surface area contributed by atoms with Gasteiger partial charge >= 0.3 is 5.97 Å². The fourth-order valence-electron chi connectivity index (χ4n) is 2.19. The van der Waals surface area contributed by atoms with E-state index in [0.717, 1.165) is 32.8 Å². The Morgan fingerprint density at radius 1 is 1.40 bits per heavy atom. The van der Waals surface area contributed by atoms with Crippen molar-refractivity contribution < 1.29 is 19.0 Å². The molecule has 0 aliphatic carbocycles. The Bertz CT molecular complexity index is 443. The SMILES string of the molecule is COc1cccc(C(=O)O[C@H](C)CN2CCOCC2)c1. The fraction of sp³-hybridized carbons (Fsp3) is 0.533. The summed E-state index contributed by atoms with van der Waals surface area (Å²) in [5, 5.41) is 0. The maximum Gasteiger partial charge on any atom is 0.338 e. The number of esters is 1. The number of hydrogen-bond acceptors (Lipinski definition) is 5. The number of rotatable bonds is 5. The van der Waals surface area contributed by atoms with Crippen molar-refractivity contribution in [3.63, 3.8) is 0 Å². The first kappa shape index (κ1) is 14.8. The lowest BCUT2D eigenvalue weighted by molar-refractivity contribution is 0.000430. The summed E-state index contributed by atoms with van der Waals surface area (Å²) in [7, 11) is 1.57. The van der Waals surface area contributed by atoms with Crippen molar-refractivity contribution in [3.8, 4) is 5.75 Å². The zero-order chi connectivity index (χ0) is 14.4. The first-order valence-corrected chi connectivity index (χ1v) is 6.84. The molecule has 0 saturated carbocycles. The van der Waals surface area contributed by atoms with E-state index < -0.39 is 0 Å². The highest BCUT2D eigenvalue weighted by molar-refractivity contribution is 5.89. The van der Waals surface area contributed by atoms with Gasteiger partial charge in [-0.1, -0.05) is 6.07 Å². The highest BCUT2D eigenvalue weighted by Crippen LogP contribution is 2.14. The summed E-state index contributed by atoms with van der Waals surface area (Å²) in [6, 6.07) is 6.99. The van der Waals surface area contributed by atoms with Crippen LogP contribution in [0.1, 0.15) is 17.3 Å². The molecule has 0 radical (unpaired) electrons. The van der Waals surface area contributed by atoms with Crippen molar-refractivity contribution in [2.75, 3.05) is 40.0 Å². The van der Waals surface area contributed by atoms with E-state index >= 15 is 0 Å². The van der Waals surface area contributed by atoms with Crippen LogP contribution < -0.4 is 4.74 Å². The molecule has 20 heavy (non-hydrogen) atoms. The molecular weight excluding hydrogens is 258 g/mol. The summed E-state index contributed by atoms with van der Waals surface area (Å²) in [5.41, 5.74) is 0.512. The number of carbonyl (C=O) groups is 1. The lowest BCUT2D eigenvalue weighted by atomic mass is 10.2. The van der Waals surface area contributed by atoms with Gasteiger partial charge in [-0.2, -0.15) is 0 Å². The lowest BCUT2D eigenvalue weighted by Crippen LogP contribution is -2.41. The van der Waals surface area contributed by atoms with Gasteiger partial charge in [-0.05, 0) is 25.1 Å². The van der Waals surface area contributed by atoms with Crippen molar-refractivity contribution in [3.05, 3.63) is 29.8 Å². The van der Waals surface area contributed by atoms with Crippen LogP contribution in [0.5, 0.6) is 5.75 Å². The van der Waals surface area contributed by atoms with E-state index in [9.17, 15) is 4.79 Å². The Morgan fingerprint density at radius 3 is 2.85 bits per heavy atom. The van der Waals surface area contributed by atoms with Gasteiger partial charge in [0.05, 0.1) is 25.9 Å². The van der Waals surface area contributed by atoms with Gasteiger partial charge in [0.1, 0.15) is 11.9 Å². The van der Waals surface area contributed by atoms with Crippen LogP contribution in [0.25, 0.3) is 0 Å². The predicted octanol–water partition coefficient (Wildman–Crippen LogP) is 1.57. The van der Waals surface area contributed by atoms with Crippen molar-refractivity contribution in [1.82, 2.24) is 4.90 Å². The molecule has 0 aromatic heterocycles. The first-order chi connectivity index (χ1) is 9.69. The largest absolute Gasteiger partial charge is 0.497 e. The molecule has 1 aromatic rings. The first-order valence-electron chi connectivity index (χ1n) is 6.84. The molecule has 0 amide bonds. The minimum absolute atomic E-state index is 0.146. The smallest absolute Gasteiger partial charge is 0.338 e. The second kappa shape index (κ2) is 7.26. The number of carbonyl (C=O) groups excluding carboxylic acids is 1. The molecule has 1 aromatic carbocycles.